The van der Waals surface area contributed by atoms with E-state index in [-0.39, 0.29) is 6.04 Å². The summed E-state index contributed by atoms with van der Waals surface area (Å²) in [4.78, 5) is 0. The van der Waals surface area contributed by atoms with Crippen molar-refractivity contribution in [3.63, 3.8) is 0 Å². The molecule has 1 N–H and O–H groups in total. The second-order valence-electron chi connectivity index (χ2n) is 5.13. The highest BCUT2D eigenvalue weighted by atomic mass is 35.5. The van der Waals surface area contributed by atoms with Gasteiger partial charge >= 0.3 is 0 Å². The highest BCUT2D eigenvalue weighted by Crippen LogP contribution is 2.30. The molecule has 0 aliphatic rings. The molecule has 5 heteroatoms. The fraction of sp³-hybridized carbons (Fsp3) is 0.312. The van der Waals surface area contributed by atoms with Crippen LogP contribution < -0.4 is 5.32 Å². The van der Waals surface area contributed by atoms with Crippen molar-refractivity contribution < 1.29 is 4.42 Å². The fourth-order valence-corrected chi connectivity index (χ4v) is 2.72. The topological polar surface area (TPSA) is 43.0 Å². The number of rotatable bonds is 4. The van der Waals surface area contributed by atoms with Gasteiger partial charge in [0.05, 0.1) is 12.2 Å². The maximum absolute atomic E-state index is 6.04. The summed E-state index contributed by atoms with van der Waals surface area (Å²) in [6, 6.07) is 7.70. The SMILES string of the molecule is CCNC(c1cc2cc(Cl)ccc2o1)c1cnn(C)c1C. The molecule has 0 bridgehead atoms. The van der Waals surface area contributed by atoms with Gasteiger partial charge in [0, 0.05) is 28.7 Å². The van der Waals surface area contributed by atoms with Crippen LogP contribution in [0.5, 0.6) is 0 Å². The first-order valence-electron chi connectivity index (χ1n) is 7.01. The van der Waals surface area contributed by atoms with Crippen molar-refractivity contribution in [1.29, 1.82) is 0 Å². The van der Waals surface area contributed by atoms with E-state index in [9.17, 15) is 0 Å². The van der Waals surface area contributed by atoms with Crippen molar-refractivity contribution in [3.8, 4) is 0 Å². The molecule has 0 saturated carbocycles. The van der Waals surface area contributed by atoms with Gasteiger partial charge in [-0.25, -0.2) is 0 Å². The second-order valence-corrected chi connectivity index (χ2v) is 5.57. The predicted octanol–water partition coefficient (Wildman–Crippen LogP) is 3.83. The van der Waals surface area contributed by atoms with Crippen molar-refractivity contribution in [2.24, 2.45) is 7.05 Å². The summed E-state index contributed by atoms with van der Waals surface area (Å²) >= 11 is 6.04. The fourth-order valence-electron chi connectivity index (χ4n) is 2.54. The van der Waals surface area contributed by atoms with Crippen molar-refractivity contribution >= 4 is 22.6 Å². The molecule has 2 aromatic heterocycles. The van der Waals surface area contributed by atoms with Crippen LogP contribution >= 0.6 is 11.6 Å². The van der Waals surface area contributed by atoms with Gasteiger partial charge in [-0.15, -0.1) is 0 Å². The average Bonchev–Trinajstić information content (AvgIpc) is 3.01. The third-order valence-electron chi connectivity index (χ3n) is 3.77. The van der Waals surface area contributed by atoms with E-state index in [2.05, 4.69) is 24.3 Å². The molecule has 1 aromatic carbocycles. The van der Waals surface area contributed by atoms with Gasteiger partial charge in [0.1, 0.15) is 11.3 Å². The van der Waals surface area contributed by atoms with Crippen molar-refractivity contribution in [1.82, 2.24) is 15.1 Å². The second kappa shape index (κ2) is 5.54. The van der Waals surface area contributed by atoms with Gasteiger partial charge in [-0.3, -0.25) is 4.68 Å². The van der Waals surface area contributed by atoms with E-state index < -0.39 is 0 Å². The molecule has 0 spiro atoms. The Labute approximate surface area is 128 Å². The molecule has 21 heavy (non-hydrogen) atoms. The Morgan fingerprint density at radius 1 is 1.38 bits per heavy atom. The van der Waals surface area contributed by atoms with Crippen molar-refractivity contribution in [2.45, 2.75) is 19.9 Å². The number of furan rings is 1. The normalized spacial score (nSPS) is 13.0. The third kappa shape index (κ3) is 2.57. The number of fused-ring (bicyclic) bond motifs is 1. The summed E-state index contributed by atoms with van der Waals surface area (Å²) in [7, 11) is 1.94. The Morgan fingerprint density at radius 2 is 2.19 bits per heavy atom. The molecule has 0 fully saturated rings. The van der Waals surface area contributed by atoms with Crippen LogP contribution in [0, 0.1) is 6.92 Å². The van der Waals surface area contributed by atoms with Gasteiger partial charge in [0.15, 0.2) is 0 Å². The lowest BCUT2D eigenvalue weighted by Gasteiger charge is -2.15. The van der Waals surface area contributed by atoms with E-state index in [4.69, 9.17) is 16.0 Å². The van der Waals surface area contributed by atoms with E-state index >= 15 is 0 Å². The van der Waals surface area contributed by atoms with Crippen LogP contribution in [-0.4, -0.2) is 16.3 Å². The molecule has 0 saturated heterocycles. The molecule has 0 aliphatic heterocycles. The Kier molecular flexibility index (Phi) is 3.74. The monoisotopic (exact) mass is 303 g/mol. The zero-order valence-electron chi connectivity index (χ0n) is 12.4. The zero-order chi connectivity index (χ0) is 15.0. The molecule has 3 rings (SSSR count). The molecule has 0 radical (unpaired) electrons. The average molecular weight is 304 g/mol. The minimum atomic E-state index is -0.00474. The van der Waals surface area contributed by atoms with Crippen LogP contribution in [0.15, 0.2) is 34.9 Å². The third-order valence-corrected chi connectivity index (χ3v) is 4.01. The molecule has 0 amide bonds. The quantitative estimate of drug-likeness (QED) is 0.796. The van der Waals surface area contributed by atoms with Crippen LogP contribution in [0.1, 0.15) is 30.0 Å². The molecule has 1 atom stereocenters. The number of nitrogens with zero attached hydrogens (tertiary/aromatic N) is 2. The minimum absolute atomic E-state index is 0.00474. The van der Waals surface area contributed by atoms with Gasteiger partial charge < -0.3 is 9.73 Å². The summed E-state index contributed by atoms with van der Waals surface area (Å²) in [5.74, 6) is 0.880. The van der Waals surface area contributed by atoms with Crippen LogP contribution in [0.3, 0.4) is 0 Å². The van der Waals surface area contributed by atoms with Gasteiger partial charge in [0.25, 0.3) is 0 Å². The molecule has 110 valence electrons. The molecule has 3 aromatic rings. The van der Waals surface area contributed by atoms with E-state index in [1.54, 1.807) is 0 Å². The lowest BCUT2D eigenvalue weighted by Crippen LogP contribution is -2.22. The number of aryl methyl sites for hydroxylation is 1. The van der Waals surface area contributed by atoms with Crippen LogP contribution in [0.25, 0.3) is 11.0 Å². The summed E-state index contributed by atoms with van der Waals surface area (Å²) < 4.78 is 7.87. The standard InChI is InChI=1S/C16H18ClN3O/c1-4-18-16(13-9-19-20(3)10(13)2)15-8-11-7-12(17)5-6-14(11)21-15/h5-9,16,18H,4H2,1-3H3. The highest BCUT2D eigenvalue weighted by Gasteiger charge is 2.21. The number of aromatic nitrogens is 2. The Hall–Kier alpha value is -1.78. The summed E-state index contributed by atoms with van der Waals surface area (Å²) in [6.07, 6.45) is 1.89. The van der Waals surface area contributed by atoms with Crippen LogP contribution in [0.4, 0.5) is 0 Å². The number of halogens is 1. The first kappa shape index (κ1) is 14.2. The summed E-state index contributed by atoms with van der Waals surface area (Å²) in [5.41, 5.74) is 3.10. The number of hydrogen-bond donors (Lipinski definition) is 1. The molecular weight excluding hydrogens is 286 g/mol. The molecular formula is C16H18ClN3O. The van der Waals surface area contributed by atoms with Gasteiger partial charge in [-0.1, -0.05) is 18.5 Å². The Bertz CT molecular complexity index is 775. The minimum Gasteiger partial charge on any atom is -0.459 e. The van der Waals surface area contributed by atoms with E-state index in [1.807, 2.05) is 42.2 Å². The summed E-state index contributed by atoms with van der Waals surface area (Å²) in [5, 5.41) is 9.52. The molecule has 0 aliphatic carbocycles. The van der Waals surface area contributed by atoms with Gasteiger partial charge in [-0.2, -0.15) is 5.10 Å². The molecule has 4 nitrogen and oxygen atoms in total. The lowest BCUT2D eigenvalue weighted by atomic mass is 10.1. The van der Waals surface area contributed by atoms with Gasteiger partial charge in [0.2, 0.25) is 0 Å². The number of hydrogen-bond acceptors (Lipinski definition) is 3. The van der Waals surface area contributed by atoms with Crippen LogP contribution in [0.2, 0.25) is 5.02 Å². The predicted molar refractivity (Wildman–Crippen MR) is 84.7 cm³/mol. The van der Waals surface area contributed by atoms with E-state index in [1.165, 1.54) is 0 Å². The molecule has 2 heterocycles. The van der Waals surface area contributed by atoms with Crippen molar-refractivity contribution in [3.05, 3.63) is 52.5 Å². The smallest absolute Gasteiger partial charge is 0.134 e. The first-order valence-corrected chi connectivity index (χ1v) is 7.38. The largest absolute Gasteiger partial charge is 0.459 e. The van der Waals surface area contributed by atoms with Gasteiger partial charge in [-0.05, 0) is 37.7 Å². The van der Waals surface area contributed by atoms with Crippen LogP contribution in [-0.2, 0) is 7.05 Å². The van der Waals surface area contributed by atoms with E-state index in [0.29, 0.717) is 5.02 Å². The Balaban J connectivity index is 2.08. The maximum atomic E-state index is 6.04. The number of benzene rings is 1. The Morgan fingerprint density at radius 3 is 2.86 bits per heavy atom. The zero-order valence-corrected chi connectivity index (χ0v) is 13.1. The van der Waals surface area contributed by atoms with Crippen molar-refractivity contribution in [2.75, 3.05) is 6.54 Å². The first-order chi connectivity index (χ1) is 10.1. The highest BCUT2D eigenvalue weighted by molar-refractivity contribution is 6.31. The maximum Gasteiger partial charge on any atom is 0.134 e. The molecule has 1 unspecified atom stereocenters. The van der Waals surface area contributed by atoms with E-state index in [0.717, 1.165) is 34.5 Å². The number of nitrogens with one attached hydrogen (secondary N) is 1. The summed E-state index contributed by atoms with van der Waals surface area (Å²) in [6.45, 7) is 4.99. The lowest BCUT2D eigenvalue weighted by molar-refractivity contribution is 0.475.